The van der Waals surface area contributed by atoms with E-state index in [0.29, 0.717) is 18.1 Å². The van der Waals surface area contributed by atoms with Crippen LogP contribution in [0.5, 0.6) is 0 Å². The second kappa shape index (κ2) is 7.62. The van der Waals surface area contributed by atoms with Crippen molar-refractivity contribution in [3.8, 4) is 5.82 Å². The van der Waals surface area contributed by atoms with Crippen LogP contribution in [0, 0.1) is 20.8 Å². The summed E-state index contributed by atoms with van der Waals surface area (Å²) < 4.78 is 8.79. The number of aryl methyl sites for hydroxylation is 2. The van der Waals surface area contributed by atoms with Crippen molar-refractivity contribution in [2.45, 2.75) is 34.2 Å². The number of ether oxygens (including phenoxy) is 1. The van der Waals surface area contributed by atoms with Gasteiger partial charge in [-0.15, -0.1) is 0 Å². The van der Waals surface area contributed by atoms with Crippen LogP contribution >= 0.6 is 0 Å². The predicted molar refractivity (Wildman–Crippen MR) is 115 cm³/mol. The molecule has 1 aromatic carbocycles. The predicted octanol–water partition coefficient (Wildman–Crippen LogP) is 3.35. The molecule has 0 spiro atoms. The lowest BCUT2D eigenvalue weighted by Gasteiger charge is -2.09. The summed E-state index contributed by atoms with van der Waals surface area (Å²) in [5.74, 6) is 0.265. The van der Waals surface area contributed by atoms with Gasteiger partial charge in [-0.1, -0.05) is 30.3 Å². The minimum atomic E-state index is -0.487. The van der Waals surface area contributed by atoms with Gasteiger partial charge < -0.3 is 15.0 Å². The molecule has 30 heavy (non-hydrogen) atoms. The standard InChI is InChI=1S/C22H24N6O2/c1-5-30-22(29)18-14(3)26-28(19(18)23)21-17-13(2)15(4)27(20(17)24-12-25-21)11-16-9-7-6-8-10-16/h6-10,12H,5,11,23H2,1-4H3. The topological polar surface area (TPSA) is 101 Å². The number of nitrogen functional groups attached to an aromatic ring is 1. The maximum Gasteiger partial charge on any atom is 0.343 e. The van der Waals surface area contributed by atoms with E-state index in [2.05, 4.69) is 38.7 Å². The summed E-state index contributed by atoms with van der Waals surface area (Å²) in [5.41, 5.74) is 11.2. The third-order valence-electron chi connectivity index (χ3n) is 5.35. The molecular formula is C22H24N6O2. The second-order valence-corrected chi connectivity index (χ2v) is 7.16. The lowest BCUT2D eigenvalue weighted by atomic mass is 10.2. The quantitative estimate of drug-likeness (QED) is 0.512. The van der Waals surface area contributed by atoms with Crippen molar-refractivity contribution in [1.29, 1.82) is 0 Å². The highest BCUT2D eigenvalue weighted by molar-refractivity contribution is 5.97. The monoisotopic (exact) mass is 404 g/mol. The van der Waals surface area contributed by atoms with E-state index < -0.39 is 5.97 Å². The van der Waals surface area contributed by atoms with Crippen molar-refractivity contribution in [3.63, 3.8) is 0 Å². The third kappa shape index (κ3) is 3.10. The molecule has 154 valence electrons. The first-order valence-corrected chi connectivity index (χ1v) is 9.80. The van der Waals surface area contributed by atoms with E-state index in [1.807, 2.05) is 25.1 Å². The Hall–Kier alpha value is -3.68. The molecule has 0 bridgehead atoms. The van der Waals surface area contributed by atoms with E-state index in [0.717, 1.165) is 22.3 Å². The number of nitrogens with two attached hydrogens (primary N) is 1. The molecule has 0 atom stereocenters. The smallest absolute Gasteiger partial charge is 0.343 e. The van der Waals surface area contributed by atoms with Crippen LogP contribution in [-0.2, 0) is 11.3 Å². The number of nitrogens with zero attached hydrogens (tertiary/aromatic N) is 5. The van der Waals surface area contributed by atoms with E-state index in [-0.39, 0.29) is 18.0 Å². The number of hydrogen-bond acceptors (Lipinski definition) is 6. The summed E-state index contributed by atoms with van der Waals surface area (Å²) in [4.78, 5) is 21.3. The average Bonchev–Trinajstić information content (AvgIpc) is 3.17. The van der Waals surface area contributed by atoms with Crippen molar-refractivity contribution in [1.82, 2.24) is 24.3 Å². The van der Waals surface area contributed by atoms with Crippen molar-refractivity contribution in [2.24, 2.45) is 0 Å². The van der Waals surface area contributed by atoms with Crippen molar-refractivity contribution in [3.05, 3.63) is 64.7 Å². The molecule has 0 aliphatic carbocycles. The molecule has 4 aromatic rings. The van der Waals surface area contributed by atoms with Gasteiger partial charge in [-0.05, 0) is 38.8 Å². The maximum atomic E-state index is 12.3. The summed E-state index contributed by atoms with van der Waals surface area (Å²) in [7, 11) is 0. The summed E-state index contributed by atoms with van der Waals surface area (Å²) in [6, 6.07) is 10.2. The van der Waals surface area contributed by atoms with E-state index in [1.165, 1.54) is 16.6 Å². The molecule has 0 radical (unpaired) electrons. The molecule has 0 unspecified atom stereocenters. The molecule has 3 heterocycles. The van der Waals surface area contributed by atoms with Gasteiger partial charge in [-0.2, -0.15) is 9.78 Å². The van der Waals surface area contributed by atoms with E-state index >= 15 is 0 Å². The molecule has 8 nitrogen and oxygen atoms in total. The van der Waals surface area contributed by atoms with Crippen molar-refractivity contribution < 1.29 is 9.53 Å². The number of fused-ring (bicyclic) bond motifs is 1. The van der Waals surface area contributed by atoms with Gasteiger partial charge in [0.2, 0.25) is 0 Å². The van der Waals surface area contributed by atoms with E-state index in [9.17, 15) is 4.79 Å². The summed E-state index contributed by atoms with van der Waals surface area (Å²) in [6.45, 7) is 8.53. The fourth-order valence-electron chi connectivity index (χ4n) is 3.73. The number of rotatable bonds is 5. The van der Waals surface area contributed by atoms with Crippen molar-refractivity contribution >= 4 is 22.8 Å². The highest BCUT2D eigenvalue weighted by Crippen LogP contribution is 2.31. The number of benzene rings is 1. The van der Waals surface area contributed by atoms with Crippen LogP contribution in [0.1, 0.15) is 39.8 Å². The first-order chi connectivity index (χ1) is 14.4. The lowest BCUT2D eigenvalue weighted by Crippen LogP contribution is -2.10. The fourth-order valence-corrected chi connectivity index (χ4v) is 3.73. The minimum absolute atomic E-state index is 0.207. The molecule has 0 aliphatic heterocycles. The SMILES string of the molecule is CCOC(=O)c1c(C)nn(-c2ncnc3c2c(C)c(C)n3Cc2ccccc2)c1N. The van der Waals surface area contributed by atoms with Gasteiger partial charge in [0, 0.05) is 12.2 Å². The van der Waals surface area contributed by atoms with Gasteiger partial charge in [0.1, 0.15) is 23.4 Å². The fraction of sp³-hybridized carbons (Fsp3) is 0.273. The molecule has 0 saturated heterocycles. The Kier molecular flexibility index (Phi) is 4.99. The molecule has 4 rings (SSSR count). The summed E-state index contributed by atoms with van der Waals surface area (Å²) in [6.07, 6.45) is 1.50. The molecule has 0 amide bonds. The Balaban J connectivity index is 1.89. The number of hydrogen-bond donors (Lipinski definition) is 1. The second-order valence-electron chi connectivity index (χ2n) is 7.16. The van der Waals surface area contributed by atoms with Crippen LogP contribution in [0.15, 0.2) is 36.7 Å². The maximum absolute atomic E-state index is 12.3. The van der Waals surface area contributed by atoms with Gasteiger partial charge in [0.15, 0.2) is 5.82 Å². The first kappa shape index (κ1) is 19.6. The Morgan fingerprint density at radius 1 is 1.13 bits per heavy atom. The molecule has 2 N–H and O–H groups in total. The van der Waals surface area contributed by atoms with Crippen LogP contribution in [0.25, 0.3) is 16.9 Å². The first-order valence-electron chi connectivity index (χ1n) is 9.80. The van der Waals surface area contributed by atoms with Gasteiger partial charge in [-0.3, -0.25) is 0 Å². The van der Waals surface area contributed by atoms with Crippen LogP contribution in [0.3, 0.4) is 0 Å². The van der Waals surface area contributed by atoms with Crippen LogP contribution < -0.4 is 5.73 Å². The lowest BCUT2D eigenvalue weighted by molar-refractivity contribution is 0.0527. The Labute approximate surface area is 174 Å². The molecule has 8 heteroatoms. The average molecular weight is 404 g/mol. The zero-order valence-electron chi connectivity index (χ0n) is 17.5. The van der Waals surface area contributed by atoms with Crippen LogP contribution in [-0.4, -0.2) is 36.9 Å². The van der Waals surface area contributed by atoms with Gasteiger partial charge in [-0.25, -0.2) is 14.8 Å². The number of carbonyl (C=O) groups is 1. The Morgan fingerprint density at radius 2 is 1.87 bits per heavy atom. The molecule has 3 aromatic heterocycles. The zero-order chi connectivity index (χ0) is 21.4. The van der Waals surface area contributed by atoms with Gasteiger partial charge >= 0.3 is 5.97 Å². The number of anilines is 1. The zero-order valence-corrected chi connectivity index (χ0v) is 17.5. The Bertz CT molecular complexity index is 1240. The molecular weight excluding hydrogens is 380 g/mol. The number of esters is 1. The van der Waals surface area contributed by atoms with Gasteiger partial charge in [0.05, 0.1) is 17.7 Å². The third-order valence-corrected chi connectivity index (χ3v) is 5.35. The largest absolute Gasteiger partial charge is 0.462 e. The molecule has 0 aliphatic rings. The normalized spacial score (nSPS) is 11.2. The number of carbonyl (C=O) groups excluding carboxylic acids is 1. The summed E-state index contributed by atoms with van der Waals surface area (Å²) in [5, 5.41) is 5.35. The Morgan fingerprint density at radius 3 is 2.57 bits per heavy atom. The van der Waals surface area contributed by atoms with E-state index in [1.54, 1.807) is 13.8 Å². The molecule has 0 fully saturated rings. The summed E-state index contributed by atoms with van der Waals surface area (Å²) >= 11 is 0. The highest BCUT2D eigenvalue weighted by Gasteiger charge is 2.25. The van der Waals surface area contributed by atoms with Gasteiger partial charge in [0.25, 0.3) is 0 Å². The van der Waals surface area contributed by atoms with Crippen LogP contribution in [0.2, 0.25) is 0 Å². The van der Waals surface area contributed by atoms with E-state index in [4.69, 9.17) is 10.5 Å². The van der Waals surface area contributed by atoms with Crippen molar-refractivity contribution in [2.75, 3.05) is 12.3 Å². The number of aromatic nitrogens is 5. The molecule has 0 saturated carbocycles. The van der Waals surface area contributed by atoms with Crippen LogP contribution in [0.4, 0.5) is 5.82 Å². The highest BCUT2D eigenvalue weighted by atomic mass is 16.5. The minimum Gasteiger partial charge on any atom is -0.462 e.